The summed E-state index contributed by atoms with van der Waals surface area (Å²) in [7, 11) is 0. The molecule has 0 atom stereocenters. The number of aromatic nitrogens is 7. The lowest BCUT2D eigenvalue weighted by Crippen LogP contribution is -2.11. The molecule has 0 fully saturated rings. The molecule has 4 heterocycles. The van der Waals surface area contributed by atoms with Crippen molar-refractivity contribution in [2.75, 3.05) is 5.84 Å². The summed E-state index contributed by atoms with van der Waals surface area (Å²) in [5.74, 6) is 7.56. The van der Waals surface area contributed by atoms with E-state index in [-0.39, 0.29) is 0 Å². The van der Waals surface area contributed by atoms with Crippen LogP contribution < -0.4 is 5.84 Å². The molecule has 0 aliphatic heterocycles. The molecule has 29 heavy (non-hydrogen) atoms. The van der Waals surface area contributed by atoms with Gasteiger partial charge >= 0.3 is 0 Å². The third kappa shape index (κ3) is 3.31. The molecule has 0 saturated carbocycles. The molecule has 9 nitrogen and oxygen atoms in total. The molecule has 0 radical (unpaired) electrons. The lowest BCUT2D eigenvalue weighted by molar-refractivity contribution is 0.574. The maximum atomic E-state index is 6.11. The van der Waals surface area contributed by atoms with E-state index >= 15 is 0 Å². The zero-order chi connectivity index (χ0) is 20.0. The van der Waals surface area contributed by atoms with Gasteiger partial charge < -0.3 is 10.3 Å². The summed E-state index contributed by atoms with van der Waals surface area (Å²) in [6.07, 6.45) is 1.54. The first-order valence-corrected chi connectivity index (χ1v) is 9.77. The highest BCUT2D eigenvalue weighted by atomic mass is 35.5. The Morgan fingerprint density at radius 3 is 2.48 bits per heavy atom. The van der Waals surface area contributed by atoms with Crippen LogP contribution in [0.25, 0.3) is 28.6 Å². The predicted octanol–water partition coefficient (Wildman–Crippen LogP) is 3.81. The van der Waals surface area contributed by atoms with Gasteiger partial charge in [0, 0.05) is 15.6 Å². The summed E-state index contributed by atoms with van der Waals surface area (Å²) in [6.45, 7) is 0. The molecule has 0 unspecified atom stereocenters. The lowest BCUT2D eigenvalue weighted by atomic mass is 10.2. The second kappa shape index (κ2) is 7.07. The van der Waals surface area contributed by atoms with E-state index in [1.807, 2.05) is 0 Å². The highest BCUT2D eigenvalue weighted by Gasteiger charge is 2.17. The average Bonchev–Trinajstić information content (AvgIpc) is 3.42. The number of furan rings is 1. The summed E-state index contributed by atoms with van der Waals surface area (Å²) >= 11 is 13.5. The van der Waals surface area contributed by atoms with E-state index in [9.17, 15) is 0 Å². The topological polar surface area (TPSA) is 113 Å². The summed E-state index contributed by atoms with van der Waals surface area (Å²) in [6, 6.07) is 12.2. The first-order chi connectivity index (χ1) is 14.1. The number of nitrogens with zero attached hydrogens (tertiary/aromatic N) is 7. The Morgan fingerprint density at radius 1 is 0.931 bits per heavy atom. The number of nitrogens with two attached hydrogens (primary N) is 1. The van der Waals surface area contributed by atoms with Crippen molar-refractivity contribution in [2.45, 2.75) is 10.2 Å². The van der Waals surface area contributed by atoms with Crippen molar-refractivity contribution in [3.63, 3.8) is 0 Å². The van der Waals surface area contributed by atoms with E-state index < -0.39 is 0 Å². The van der Waals surface area contributed by atoms with E-state index in [4.69, 9.17) is 33.5 Å². The highest BCUT2D eigenvalue weighted by molar-refractivity contribution is 7.99. The van der Waals surface area contributed by atoms with E-state index in [1.54, 1.807) is 53.2 Å². The second-order valence-corrected chi connectivity index (χ2v) is 7.74. The van der Waals surface area contributed by atoms with Crippen LogP contribution >= 0.6 is 35.0 Å². The molecule has 5 aromatic rings. The van der Waals surface area contributed by atoms with Crippen molar-refractivity contribution < 1.29 is 4.42 Å². The van der Waals surface area contributed by atoms with Gasteiger partial charge in [0.25, 0.3) is 0 Å². The van der Waals surface area contributed by atoms with Gasteiger partial charge in [-0.25, -0.2) is 4.68 Å². The molecule has 0 amide bonds. The van der Waals surface area contributed by atoms with Gasteiger partial charge in [-0.3, -0.25) is 0 Å². The molecule has 0 bridgehead atoms. The molecule has 1 aromatic carbocycles. The van der Waals surface area contributed by atoms with Gasteiger partial charge in [0.15, 0.2) is 17.2 Å². The van der Waals surface area contributed by atoms with Crippen LogP contribution in [0.4, 0.5) is 0 Å². The first kappa shape index (κ1) is 18.0. The van der Waals surface area contributed by atoms with Gasteiger partial charge in [0.2, 0.25) is 11.0 Å². The van der Waals surface area contributed by atoms with Gasteiger partial charge in [-0.1, -0.05) is 23.2 Å². The number of nitrogen functional groups attached to an aromatic ring is 1. The summed E-state index contributed by atoms with van der Waals surface area (Å²) < 4.78 is 8.28. The zero-order valence-corrected chi connectivity index (χ0v) is 16.7. The Kier molecular flexibility index (Phi) is 4.38. The quantitative estimate of drug-likeness (QED) is 0.416. The van der Waals surface area contributed by atoms with Crippen LogP contribution in [-0.4, -0.2) is 34.7 Å². The molecule has 2 N–H and O–H groups in total. The van der Waals surface area contributed by atoms with E-state index in [1.165, 1.54) is 16.4 Å². The number of hydrogen-bond donors (Lipinski definition) is 1. The number of hydrogen-bond acceptors (Lipinski definition) is 8. The highest BCUT2D eigenvalue weighted by Crippen LogP contribution is 2.29. The van der Waals surface area contributed by atoms with Crippen LogP contribution in [0, 0.1) is 0 Å². The third-order valence-electron chi connectivity index (χ3n) is 3.96. The first-order valence-electron chi connectivity index (χ1n) is 8.19. The Labute approximate surface area is 177 Å². The molecule has 0 saturated heterocycles. The Hall–Kier alpha value is -3.08. The molecule has 0 aliphatic rings. The predicted molar refractivity (Wildman–Crippen MR) is 108 cm³/mol. The SMILES string of the molecule is Nn1c(Sc2ccc3nnc(-c4cc(Cl)cc(Cl)c4)n3n2)nnc1-c1ccco1. The monoisotopic (exact) mass is 444 g/mol. The largest absolute Gasteiger partial charge is 0.461 e. The summed E-state index contributed by atoms with van der Waals surface area (Å²) in [5, 5.41) is 23.2. The number of fused-ring (bicyclic) bond motifs is 1. The van der Waals surface area contributed by atoms with Crippen molar-refractivity contribution in [1.82, 2.24) is 34.7 Å². The minimum atomic E-state index is 0.414. The van der Waals surface area contributed by atoms with Crippen LogP contribution in [0.1, 0.15) is 0 Å². The van der Waals surface area contributed by atoms with Crippen LogP contribution in [-0.2, 0) is 0 Å². The second-order valence-electron chi connectivity index (χ2n) is 5.88. The number of rotatable bonds is 4. The number of halogens is 2. The average molecular weight is 445 g/mol. The molecule has 0 spiro atoms. The molecule has 4 aromatic heterocycles. The fraction of sp³-hybridized carbons (Fsp3) is 0. The summed E-state index contributed by atoms with van der Waals surface area (Å²) in [4.78, 5) is 0. The standard InChI is InChI=1S/C17H10Cl2N8OS/c18-10-6-9(7-11(19)8-10)15-22-21-13-3-4-14(25-27(13)15)29-17-24-23-16(26(17)20)12-2-1-5-28-12/h1-8H,20H2. The fourth-order valence-electron chi connectivity index (χ4n) is 2.70. The molecular formula is C17H10Cl2N8OS. The van der Waals surface area contributed by atoms with Crippen molar-refractivity contribution in [1.29, 1.82) is 0 Å². The molecular weight excluding hydrogens is 435 g/mol. The smallest absolute Gasteiger partial charge is 0.218 e. The number of benzene rings is 1. The van der Waals surface area contributed by atoms with Crippen molar-refractivity contribution >= 4 is 40.6 Å². The van der Waals surface area contributed by atoms with Crippen LogP contribution in [0.5, 0.6) is 0 Å². The zero-order valence-electron chi connectivity index (χ0n) is 14.4. The minimum absolute atomic E-state index is 0.414. The van der Waals surface area contributed by atoms with Crippen LogP contribution in [0.15, 0.2) is 63.3 Å². The maximum absolute atomic E-state index is 6.11. The van der Waals surface area contributed by atoms with Crippen molar-refractivity contribution in [3.8, 4) is 23.0 Å². The normalized spacial score (nSPS) is 11.4. The fourth-order valence-corrected chi connectivity index (χ4v) is 3.94. The van der Waals surface area contributed by atoms with E-state index in [0.717, 1.165) is 0 Å². The van der Waals surface area contributed by atoms with Gasteiger partial charge in [0.1, 0.15) is 5.03 Å². The third-order valence-corrected chi connectivity index (χ3v) is 5.29. The minimum Gasteiger partial charge on any atom is -0.461 e. The molecule has 144 valence electrons. The Morgan fingerprint density at radius 2 is 1.72 bits per heavy atom. The Bertz CT molecular complexity index is 1310. The van der Waals surface area contributed by atoms with Crippen LogP contribution in [0.2, 0.25) is 10.0 Å². The van der Waals surface area contributed by atoms with Gasteiger partial charge in [-0.05, 0) is 54.2 Å². The summed E-state index contributed by atoms with van der Waals surface area (Å²) in [5.41, 5.74) is 1.28. The van der Waals surface area contributed by atoms with E-state index in [0.29, 0.717) is 48.8 Å². The van der Waals surface area contributed by atoms with Crippen molar-refractivity contribution in [2.24, 2.45) is 0 Å². The van der Waals surface area contributed by atoms with Crippen molar-refractivity contribution in [3.05, 3.63) is 58.8 Å². The maximum Gasteiger partial charge on any atom is 0.218 e. The lowest BCUT2D eigenvalue weighted by Gasteiger charge is -2.04. The van der Waals surface area contributed by atoms with Gasteiger partial charge in [-0.2, -0.15) is 9.61 Å². The molecule has 12 heteroatoms. The molecule has 5 rings (SSSR count). The van der Waals surface area contributed by atoms with E-state index in [2.05, 4.69) is 25.5 Å². The van der Waals surface area contributed by atoms with Gasteiger partial charge in [-0.15, -0.1) is 20.4 Å². The molecule has 0 aliphatic carbocycles. The van der Waals surface area contributed by atoms with Gasteiger partial charge in [0.05, 0.1) is 6.26 Å². The van der Waals surface area contributed by atoms with Crippen LogP contribution in [0.3, 0.4) is 0 Å². The Balaban J connectivity index is 1.52.